The molecule has 0 spiro atoms. The van der Waals surface area contributed by atoms with Crippen molar-refractivity contribution in [3.63, 3.8) is 0 Å². The summed E-state index contributed by atoms with van der Waals surface area (Å²) in [7, 11) is 0. The number of hydrogen-bond donors (Lipinski definition) is 5. The van der Waals surface area contributed by atoms with Crippen molar-refractivity contribution in [2.45, 2.75) is 76.3 Å². The molecular weight excluding hydrogens is 294 g/mol. The third kappa shape index (κ3) is 5.36. The lowest BCUT2D eigenvalue weighted by Crippen LogP contribution is -2.60. The van der Waals surface area contributed by atoms with Crippen LogP contribution in [0.15, 0.2) is 0 Å². The molecule has 0 aromatic heterocycles. The van der Waals surface area contributed by atoms with Gasteiger partial charge in [-0.15, -0.1) is 0 Å². The molecule has 1 rings (SSSR count). The van der Waals surface area contributed by atoms with Gasteiger partial charge < -0.3 is 35.2 Å². The number of hydrogen-bond acceptors (Lipinski definition) is 7. The molecule has 1 saturated heterocycles. The first kappa shape index (κ1) is 19.1. The summed E-state index contributed by atoms with van der Waals surface area (Å²) < 4.78 is 10.0. The first-order valence-corrected chi connectivity index (χ1v) is 7.68. The highest BCUT2D eigenvalue weighted by Crippen LogP contribution is 2.22. The fraction of sp³-hybridized carbons (Fsp3) is 0.929. The van der Waals surface area contributed by atoms with Crippen molar-refractivity contribution in [2.75, 3.05) is 6.61 Å². The van der Waals surface area contributed by atoms with E-state index in [0.717, 1.165) is 25.7 Å². The SMILES string of the molecule is CCCCCC(C)NC(=O)O[C@H]1O[C@H](CO)[C@@H](O)[C@H](O)[C@H]1O. The number of carbonyl (C=O) groups excluding carboxylic acids is 1. The number of alkyl carbamates (subject to hydrolysis) is 1. The Bertz CT molecular complexity index is 339. The second kappa shape index (κ2) is 9.26. The summed E-state index contributed by atoms with van der Waals surface area (Å²) >= 11 is 0. The molecule has 6 atom stereocenters. The fourth-order valence-electron chi connectivity index (χ4n) is 2.28. The van der Waals surface area contributed by atoms with Crippen LogP contribution < -0.4 is 5.32 Å². The van der Waals surface area contributed by atoms with Crippen molar-refractivity contribution in [3.8, 4) is 0 Å². The molecule has 0 aromatic rings. The van der Waals surface area contributed by atoms with Crippen LogP contribution in [0, 0.1) is 0 Å². The summed E-state index contributed by atoms with van der Waals surface area (Å²) in [4.78, 5) is 11.8. The third-order valence-corrected chi connectivity index (χ3v) is 3.68. The fourth-order valence-corrected chi connectivity index (χ4v) is 2.28. The summed E-state index contributed by atoms with van der Waals surface area (Å²) in [5, 5.41) is 40.6. The largest absolute Gasteiger partial charge is 0.417 e. The normalized spacial score (nSPS) is 33.3. The van der Waals surface area contributed by atoms with Crippen molar-refractivity contribution in [1.82, 2.24) is 5.32 Å². The quantitative estimate of drug-likeness (QED) is 0.399. The number of ether oxygens (including phenoxy) is 2. The number of rotatable bonds is 7. The van der Waals surface area contributed by atoms with Crippen LogP contribution in [-0.2, 0) is 9.47 Å². The van der Waals surface area contributed by atoms with E-state index in [-0.39, 0.29) is 6.04 Å². The van der Waals surface area contributed by atoms with Crippen molar-refractivity contribution in [1.29, 1.82) is 0 Å². The van der Waals surface area contributed by atoms with Crippen molar-refractivity contribution < 1.29 is 34.7 Å². The zero-order chi connectivity index (χ0) is 16.7. The van der Waals surface area contributed by atoms with E-state index >= 15 is 0 Å². The predicted molar refractivity (Wildman–Crippen MR) is 77.0 cm³/mol. The van der Waals surface area contributed by atoms with E-state index in [1.165, 1.54) is 0 Å². The van der Waals surface area contributed by atoms with Gasteiger partial charge in [0, 0.05) is 6.04 Å². The molecule has 0 saturated carbocycles. The molecule has 1 unspecified atom stereocenters. The van der Waals surface area contributed by atoms with Gasteiger partial charge in [-0.1, -0.05) is 26.2 Å². The highest BCUT2D eigenvalue weighted by molar-refractivity contribution is 5.67. The van der Waals surface area contributed by atoms with Crippen LogP contribution >= 0.6 is 0 Å². The minimum Gasteiger partial charge on any atom is -0.417 e. The average molecular weight is 321 g/mol. The van der Waals surface area contributed by atoms with E-state index in [4.69, 9.17) is 14.6 Å². The highest BCUT2D eigenvalue weighted by atomic mass is 16.7. The molecule has 0 aliphatic carbocycles. The number of amides is 1. The molecular formula is C14H27NO7. The van der Waals surface area contributed by atoms with E-state index in [1.54, 1.807) is 0 Å². The predicted octanol–water partition coefficient (Wildman–Crippen LogP) is -0.519. The Hall–Kier alpha value is -0.930. The molecule has 1 fully saturated rings. The smallest absolute Gasteiger partial charge is 0.409 e. The number of aliphatic hydroxyl groups is 4. The van der Waals surface area contributed by atoms with Gasteiger partial charge in [-0.05, 0) is 13.3 Å². The van der Waals surface area contributed by atoms with Crippen LogP contribution in [0.2, 0.25) is 0 Å². The minimum absolute atomic E-state index is 0.0936. The third-order valence-electron chi connectivity index (χ3n) is 3.68. The Morgan fingerprint density at radius 3 is 2.50 bits per heavy atom. The molecule has 22 heavy (non-hydrogen) atoms. The monoisotopic (exact) mass is 321 g/mol. The Kier molecular flexibility index (Phi) is 8.05. The Labute approximate surface area is 130 Å². The van der Waals surface area contributed by atoms with Crippen LogP contribution in [-0.4, -0.2) is 69.9 Å². The van der Waals surface area contributed by atoms with Gasteiger partial charge in [0.05, 0.1) is 6.61 Å². The number of unbranched alkanes of at least 4 members (excludes halogenated alkanes) is 2. The van der Waals surface area contributed by atoms with Gasteiger partial charge in [0.2, 0.25) is 6.29 Å². The van der Waals surface area contributed by atoms with Gasteiger partial charge in [-0.2, -0.15) is 0 Å². The summed E-state index contributed by atoms with van der Waals surface area (Å²) in [5.74, 6) is 0. The molecule has 1 amide bonds. The molecule has 1 aliphatic heterocycles. The van der Waals surface area contributed by atoms with Crippen LogP contribution in [0.3, 0.4) is 0 Å². The minimum atomic E-state index is -1.58. The lowest BCUT2D eigenvalue weighted by molar-refractivity contribution is -0.284. The first-order valence-electron chi connectivity index (χ1n) is 7.68. The second-order valence-corrected chi connectivity index (χ2v) is 5.64. The van der Waals surface area contributed by atoms with Crippen molar-refractivity contribution >= 4 is 6.09 Å². The molecule has 8 heteroatoms. The zero-order valence-electron chi connectivity index (χ0n) is 13.0. The number of carbonyl (C=O) groups is 1. The highest BCUT2D eigenvalue weighted by Gasteiger charge is 2.45. The van der Waals surface area contributed by atoms with Gasteiger partial charge in [0.15, 0.2) is 0 Å². The maximum atomic E-state index is 11.8. The van der Waals surface area contributed by atoms with Crippen LogP contribution in [0.25, 0.3) is 0 Å². The summed E-state index contributed by atoms with van der Waals surface area (Å²) in [6.45, 7) is 3.36. The van der Waals surface area contributed by atoms with Crippen LogP contribution in [0.1, 0.15) is 39.5 Å². The molecule has 8 nitrogen and oxygen atoms in total. The molecule has 0 bridgehead atoms. The van der Waals surface area contributed by atoms with Gasteiger partial charge in [0.25, 0.3) is 0 Å². The number of aliphatic hydroxyl groups excluding tert-OH is 4. The topological polar surface area (TPSA) is 128 Å². The van der Waals surface area contributed by atoms with Gasteiger partial charge >= 0.3 is 6.09 Å². The Morgan fingerprint density at radius 1 is 1.23 bits per heavy atom. The molecule has 130 valence electrons. The van der Waals surface area contributed by atoms with E-state index in [0.29, 0.717) is 0 Å². The lowest BCUT2D eigenvalue weighted by Gasteiger charge is -2.39. The van der Waals surface area contributed by atoms with Crippen molar-refractivity contribution in [3.05, 3.63) is 0 Å². The molecule has 5 N–H and O–H groups in total. The molecule has 1 aliphatic rings. The molecule has 0 aromatic carbocycles. The van der Waals surface area contributed by atoms with Crippen LogP contribution in [0.5, 0.6) is 0 Å². The maximum Gasteiger partial charge on any atom is 0.409 e. The number of nitrogens with one attached hydrogen (secondary N) is 1. The Balaban J connectivity index is 2.45. The first-order chi connectivity index (χ1) is 10.4. The van der Waals surface area contributed by atoms with E-state index in [2.05, 4.69) is 12.2 Å². The maximum absolute atomic E-state index is 11.8. The van der Waals surface area contributed by atoms with Gasteiger partial charge in [0.1, 0.15) is 24.4 Å². The van der Waals surface area contributed by atoms with Crippen LogP contribution in [0.4, 0.5) is 4.79 Å². The van der Waals surface area contributed by atoms with E-state index in [1.807, 2.05) is 6.92 Å². The zero-order valence-corrected chi connectivity index (χ0v) is 13.0. The molecule has 0 radical (unpaired) electrons. The summed E-state index contributed by atoms with van der Waals surface area (Å²) in [6, 6.07) is -0.0936. The van der Waals surface area contributed by atoms with E-state index < -0.39 is 43.4 Å². The summed E-state index contributed by atoms with van der Waals surface area (Å²) in [6.07, 6.45) is -4.00. The average Bonchev–Trinajstić information content (AvgIpc) is 2.48. The van der Waals surface area contributed by atoms with E-state index in [9.17, 15) is 20.1 Å². The van der Waals surface area contributed by atoms with Crippen molar-refractivity contribution in [2.24, 2.45) is 0 Å². The lowest BCUT2D eigenvalue weighted by atomic mass is 9.99. The second-order valence-electron chi connectivity index (χ2n) is 5.64. The summed E-state index contributed by atoms with van der Waals surface area (Å²) in [5.41, 5.74) is 0. The van der Waals surface area contributed by atoms with Gasteiger partial charge in [-0.25, -0.2) is 4.79 Å². The molecule has 1 heterocycles. The van der Waals surface area contributed by atoms with Gasteiger partial charge in [-0.3, -0.25) is 0 Å². The Morgan fingerprint density at radius 2 is 1.91 bits per heavy atom. The standard InChI is InChI=1S/C14H27NO7/c1-3-4-5-6-8(2)15-14(20)22-13-12(19)11(18)10(17)9(7-16)21-13/h8-13,16-19H,3-7H2,1-2H3,(H,15,20)/t8?,9-,10-,11+,12-,13-/m1/s1.